The van der Waals surface area contributed by atoms with E-state index in [1.54, 1.807) is 0 Å². The third-order valence-corrected chi connectivity index (χ3v) is 4.72. The zero-order valence-electron chi connectivity index (χ0n) is 17.5. The molecule has 2 aromatic carbocycles. The van der Waals surface area contributed by atoms with Gasteiger partial charge >= 0.3 is 11.9 Å². The Hall–Kier alpha value is -4.12. The molecule has 0 unspecified atom stereocenters. The van der Waals surface area contributed by atoms with E-state index in [4.69, 9.17) is 28.5 Å². The Morgan fingerprint density at radius 1 is 0.771 bits per heavy atom. The fourth-order valence-electron chi connectivity index (χ4n) is 3.23. The van der Waals surface area contributed by atoms with Gasteiger partial charge in [0.2, 0.25) is 11.5 Å². The number of ether oxygens (including phenoxy) is 2. The van der Waals surface area contributed by atoms with Crippen LogP contribution in [0.3, 0.4) is 0 Å². The van der Waals surface area contributed by atoms with E-state index in [1.165, 1.54) is 36.4 Å². The summed E-state index contributed by atoms with van der Waals surface area (Å²) >= 11 is 0. The van der Waals surface area contributed by atoms with Crippen molar-refractivity contribution in [2.75, 3.05) is 13.2 Å². The van der Waals surface area contributed by atoms with Crippen molar-refractivity contribution in [3.63, 3.8) is 0 Å². The first kappa shape index (κ1) is 25.5. The van der Waals surface area contributed by atoms with Gasteiger partial charge in [0.05, 0.1) is 0 Å². The van der Waals surface area contributed by atoms with Crippen LogP contribution in [0.15, 0.2) is 67.0 Å². The molecule has 0 bridgehead atoms. The van der Waals surface area contributed by atoms with E-state index >= 15 is 0 Å². The molecule has 0 aliphatic rings. The summed E-state index contributed by atoms with van der Waals surface area (Å²) in [5.41, 5.74) is -1.22. The predicted molar refractivity (Wildman–Crippen MR) is 116 cm³/mol. The Kier molecular flexibility index (Phi) is 7.60. The van der Waals surface area contributed by atoms with Gasteiger partial charge in [0.1, 0.15) is 52.8 Å². The van der Waals surface area contributed by atoms with Crippen LogP contribution in [-0.2, 0) is 17.1 Å². The first-order chi connectivity index (χ1) is 16.2. The first-order valence-electron chi connectivity index (χ1n) is 9.78. The van der Waals surface area contributed by atoms with Crippen molar-refractivity contribution >= 4 is 33.9 Å². The maximum Gasteiger partial charge on any atom is 0.371 e. The van der Waals surface area contributed by atoms with Crippen LogP contribution >= 0.6 is 0 Å². The molecule has 0 spiro atoms. The topological polar surface area (TPSA) is 174 Å². The molecule has 0 saturated carbocycles. The zero-order chi connectivity index (χ0) is 24.4. The van der Waals surface area contributed by atoms with Crippen LogP contribution in [0.1, 0.15) is 21.1 Å². The van der Waals surface area contributed by atoms with Crippen molar-refractivity contribution < 1.29 is 60.3 Å². The van der Waals surface area contributed by atoms with Crippen LogP contribution in [0.5, 0.6) is 11.5 Å². The average molecular weight is 532 g/mol. The largest absolute Gasteiger partial charge is 0.490 e. The quantitative estimate of drug-likeness (QED) is 0.284. The number of benzene rings is 2. The number of aliphatic hydroxyl groups is 1. The molecule has 35 heavy (non-hydrogen) atoms. The minimum atomic E-state index is -1.39. The SMILES string of the molecule is O=C(O)c1cc(=O)c2c(OCC(O)COc3cccc4oc(C(=O)O)cc(=O)c34)cccc2o1.[Cu]. The minimum Gasteiger partial charge on any atom is -0.490 e. The van der Waals surface area contributed by atoms with Crippen LogP contribution in [0, 0.1) is 0 Å². The number of aliphatic hydroxyl groups excluding tert-OH is 1. The molecule has 2 aromatic heterocycles. The van der Waals surface area contributed by atoms with Gasteiger partial charge in [-0.2, -0.15) is 0 Å². The van der Waals surface area contributed by atoms with Gasteiger partial charge < -0.3 is 33.6 Å². The number of carboxylic acid groups (broad SMARTS) is 2. The number of carboxylic acids is 2. The van der Waals surface area contributed by atoms with Crippen molar-refractivity contribution in [2.45, 2.75) is 6.10 Å². The molecule has 0 amide bonds. The van der Waals surface area contributed by atoms with E-state index < -0.39 is 40.4 Å². The third kappa shape index (κ3) is 5.35. The van der Waals surface area contributed by atoms with Gasteiger partial charge in [0, 0.05) is 29.2 Å². The second kappa shape index (κ2) is 10.4. The number of rotatable bonds is 8. The molecule has 0 aliphatic heterocycles. The van der Waals surface area contributed by atoms with E-state index in [0.717, 1.165) is 12.1 Å². The molecule has 0 saturated heterocycles. The molecule has 11 nitrogen and oxygen atoms in total. The van der Waals surface area contributed by atoms with Gasteiger partial charge in [-0.05, 0) is 24.3 Å². The molecule has 0 fully saturated rings. The molecular weight excluding hydrogens is 516 g/mol. The number of hydrogen-bond acceptors (Lipinski definition) is 9. The first-order valence-corrected chi connectivity index (χ1v) is 9.78. The molecule has 2 heterocycles. The van der Waals surface area contributed by atoms with Gasteiger partial charge in [-0.15, -0.1) is 0 Å². The van der Waals surface area contributed by atoms with Gasteiger partial charge in [-0.25, -0.2) is 9.59 Å². The van der Waals surface area contributed by atoms with E-state index in [2.05, 4.69) is 0 Å². The van der Waals surface area contributed by atoms with Gasteiger partial charge in [-0.1, -0.05) is 12.1 Å². The van der Waals surface area contributed by atoms with Crippen molar-refractivity contribution in [3.05, 3.63) is 80.5 Å². The Labute approximate surface area is 205 Å². The number of aromatic carboxylic acids is 2. The summed E-state index contributed by atoms with van der Waals surface area (Å²) in [7, 11) is 0. The molecule has 12 heteroatoms. The minimum absolute atomic E-state index is 0. The maximum atomic E-state index is 12.3. The fourth-order valence-corrected chi connectivity index (χ4v) is 3.23. The summed E-state index contributed by atoms with van der Waals surface area (Å²) in [5.74, 6) is -3.65. The smallest absolute Gasteiger partial charge is 0.371 e. The second-order valence-corrected chi connectivity index (χ2v) is 7.09. The Morgan fingerprint density at radius 3 is 1.54 bits per heavy atom. The van der Waals surface area contributed by atoms with Crippen molar-refractivity contribution in [1.82, 2.24) is 0 Å². The second-order valence-electron chi connectivity index (χ2n) is 7.09. The monoisotopic (exact) mass is 531 g/mol. The molecule has 3 N–H and O–H groups in total. The van der Waals surface area contributed by atoms with Crippen molar-refractivity contribution in [1.29, 1.82) is 0 Å². The van der Waals surface area contributed by atoms with Gasteiger partial charge in [-0.3, -0.25) is 9.59 Å². The van der Waals surface area contributed by atoms with Crippen LogP contribution in [0.2, 0.25) is 0 Å². The summed E-state index contributed by atoms with van der Waals surface area (Å²) in [6, 6.07) is 10.4. The normalized spacial score (nSPS) is 10.8. The summed E-state index contributed by atoms with van der Waals surface area (Å²) in [6.07, 6.45) is -1.19. The summed E-state index contributed by atoms with van der Waals surface area (Å²) < 4.78 is 21.4. The molecule has 4 rings (SSSR count). The Morgan fingerprint density at radius 2 is 1.17 bits per heavy atom. The third-order valence-electron chi connectivity index (χ3n) is 4.72. The summed E-state index contributed by atoms with van der Waals surface area (Å²) in [5, 5.41) is 28.4. The summed E-state index contributed by atoms with van der Waals surface area (Å²) in [4.78, 5) is 46.8. The van der Waals surface area contributed by atoms with Crippen LogP contribution < -0.4 is 20.3 Å². The standard InChI is InChI=1S/C23H16O11.Cu/c24-11(9-31-14-3-1-5-16-20(14)12(25)7-18(33-16)22(27)28)10-32-15-4-2-6-17-21(15)13(26)8-19(34-17)23(29)30;/h1-8,11,24H,9-10H2,(H,27,28)(H,29,30);. The summed E-state index contributed by atoms with van der Waals surface area (Å²) in [6.45, 7) is -0.608. The number of hydrogen-bond donors (Lipinski definition) is 3. The van der Waals surface area contributed by atoms with Gasteiger partial charge in [0.25, 0.3) is 0 Å². The van der Waals surface area contributed by atoms with Crippen molar-refractivity contribution in [2.24, 2.45) is 0 Å². The van der Waals surface area contributed by atoms with Crippen LogP contribution in [0.25, 0.3) is 21.9 Å². The van der Waals surface area contributed by atoms with E-state index in [9.17, 15) is 24.3 Å². The molecule has 0 aliphatic carbocycles. The predicted octanol–water partition coefficient (Wildman–Crippen LogP) is 2.11. The number of carbonyl (C=O) groups is 2. The molecule has 4 aromatic rings. The molecule has 1 radical (unpaired) electrons. The van der Waals surface area contributed by atoms with Gasteiger partial charge in [0.15, 0.2) is 10.9 Å². The fraction of sp³-hybridized carbons (Fsp3) is 0.130. The molecule has 185 valence electrons. The number of fused-ring (bicyclic) bond motifs is 2. The Bertz CT molecular complexity index is 1420. The van der Waals surface area contributed by atoms with Crippen molar-refractivity contribution in [3.8, 4) is 11.5 Å². The molecule has 0 atom stereocenters. The molecular formula is C23H16CuO11. The van der Waals surface area contributed by atoms with E-state index in [0.29, 0.717) is 0 Å². The maximum absolute atomic E-state index is 12.3. The average Bonchev–Trinajstić information content (AvgIpc) is 2.80. The van der Waals surface area contributed by atoms with Crippen LogP contribution in [0.4, 0.5) is 0 Å². The van der Waals surface area contributed by atoms with E-state index in [1.807, 2.05) is 0 Å². The van der Waals surface area contributed by atoms with Crippen LogP contribution in [-0.4, -0.2) is 46.6 Å². The zero-order valence-corrected chi connectivity index (χ0v) is 18.5. The Balaban J connectivity index is 0.00000342. The van der Waals surface area contributed by atoms with E-state index in [-0.39, 0.29) is 63.7 Å².